The Labute approximate surface area is 263 Å². The first-order chi connectivity index (χ1) is 21.0. The molecule has 1 aromatic carbocycles. The third-order valence-corrected chi connectivity index (χ3v) is 11.2. The number of benzene rings is 1. The third kappa shape index (κ3) is 7.10. The Morgan fingerprint density at radius 3 is 2.27 bits per heavy atom. The normalized spacial score (nSPS) is 15.3. The van der Waals surface area contributed by atoms with Crippen LogP contribution in [0.4, 0.5) is 24.8 Å². The number of anilines is 2. The zero-order valence-corrected chi connectivity index (χ0v) is 27.1. The molecule has 1 aliphatic rings. The molecular formula is C28H30F3N7O4S3. The van der Waals surface area contributed by atoms with Crippen LogP contribution in [-0.4, -0.2) is 66.5 Å². The molecule has 0 spiro atoms. The Balaban J connectivity index is 1.50. The van der Waals surface area contributed by atoms with Gasteiger partial charge in [-0.3, -0.25) is 9.71 Å². The maximum Gasteiger partial charge on any atom is 0.267 e. The third-order valence-electron chi connectivity index (χ3n) is 6.99. The summed E-state index contributed by atoms with van der Waals surface area (Å²) in [5.74, 6) is -3.56. The molecule has 0 aliphatic carbocycles. The van der Waals surface area contributed by atoms with Crippen molar-refractivity contribution in [3.8, 4) is 21.8 Å². The maximum absolute atomic E-state index is 16.1. The summed E-state index contributed by atoms with van der Waals surface area (Å²) in [5, 5.41) is 3.91. The summed E-state index contributed by atoms with van der Waals surface area (Å²) in [5.41, 5.74) is -0.421. The number of piperidine rings is 1. The van der Waals surface area contributed by atoms with Crippen molar-refractivity contribution in [3.63, 3.8) is 0 Å². The Hall–Kier alpha value is -3.67. The Kier molecular flexibility index (Phi) is 8.91. The van der Waals surface area contributed by atoms with Crippen molar-refractivity contribution < 1.29 is 30.0 Å². The van der Waals surface area contributed by atoms with E-state index in [4.69, 9.17) is 4.98 Å². The summed E-state index contributed by atoms with van der Waals surface area (Å²) in [6.45, 7) is 6.55. The van der Waals surface area contributed by atoms with Gasteiger partial charge in [0.15, 0.2) is 22.3 Å². The number of hydrogen-bond donors (Lipinski definition) is 2. The van der Waals surface area contributed by atoms with Crippen LogP contribution in [0.1, 0.15) is 38.6 Å². The molecule has 0 amide bonds. The van der Waals surface area contributed by atoms with E-state index < -0.39 is 53.5 Å². The fourth-order valence-electron chi connectivity index (χ4n) is 4.71. The van der Waals surface area contributed by atoms with Gasteiger partial charge in [0, 0.05) is 36.3 Å². The Bertz CT molecular complexity index is 1940. The van der Waals surface area contributed by atoms with Gasteiger partial charge >= 0.3 is 0 Å². The molecule has 11 nitrogen and oxygen atoms in total. The lowest BCUT2D eigenvalue weighted by Gasteiger charge is -2.30. The highest BCUT2D eigenvalue weighted by molar-refractivity contribution is 7.92. The van der Waals surface area contributed by atoms with Gasteiger partial charge in [-0.2, -0.15) is 0 Å². The molecule has 4 aromatic rings. The molecule has 5 rings (SSSR count). The van der Waals surface area contributed by atoms with Crippen molar-refractivity contribution in [3.05, 3.63) is 65.3 Å². The summed E-state index contributed by atoms with van der Waals surface area (Å²) < 4.78 is 97.4. The number of nitrogens with one attached hydrogen (secondary N) is 2. The number of nitrogens with zero attached hydrogens (tertiary/aromatic N) is 5. The second-order valence-electron chi connectivity index (χ2n) is 11.5. The second kappa shape index (κ2) is 12.3. The summed E-state index contributed by atoms with van der Waals surface area (Å²) in [6.07, 6.45) is 4.92. The van der Waals surface area contributed by atoms with Crippen molar-refractivity contribution in [2.75, 3.05) is 29.4 Å². The smallest absolute Gasteiger partial charge is 0.267 e. The highest BCUT2D eigenvalue weighted by Gasteiger charge is 2.30. The van der Waals surface area contributed by atoms with E-state index in [1.807, 2.05) is 25.5 Å². The number of rotatable bonds is 8. The molecule has 0 unspecified atom stereocenters. The van der Waals surface area contributed by atoms with Crippen LogP contribution in [0, 0.1) is 17.5 Å². The molecule has 4 heterocycles. The fraction of sp³-hybridized carbons (Fsp3) is 0.357. The monoisotopic (exact) mass is 681 g/mol. The minimum absolute atomic E-state index is 0.0612. The lowest BCUT2D eigenvalue weighted by molar-refractivity contribution is 0.331. The van der Waals surface area contributed by atoms with Crippen LogP contribution in [0.25, 0.3) is 21.8 Å². The summed E-state index contributed by atoms with van der Waals surface area (Å²) in [4.78, 5) is 16.2. The average molecular weight is 682 g/mol. The van der Waals surface area contributed by atoms with Crippen molar-refractivity contribution >= 4 is 43.0 Å². The number of thiazole rings is 1. The van der Waals surface area contributed by atoms with Gasteiger partial charge in [-0.05, 0) is 31.0 Å². The topological polar surface area (TPSA) is 147 Å². The van der Waals surface area contributed by atoms with Gasteiger partial charge < -0.3 is 5.32 Å². The molecule has 3 aromatic heterocycles. The minimum Gasteiger partial charge on any atom is -0.351 e. The van der Waals surface area contributed by atoms with E-state index in [1.165, 1.54) is 40.2 Å². The van der Waals surface area contributed by atoms with E-state index in [0.717, 1.165) is 6.07 Å². The van der Waals surface area contributed by atoms with Gasteiger partial charge in [0.1, 0.15) is 0 Å². The molecule has 0 bridgehead atoms. The lowest BCUT2D eigenvalue weighted by Crippen LogP contribution is -2.42. The van der Waals surface area contributed by atoms with E-state index in [0.29, 0.717) is 59.9 Å². The maximum atomic E-state index is 16.1. The highest BCUT2D eigenvalue weighted by Crippen LogP contribution is 2.42. The van der Waals surface area contributed by atoms with Gasteiger partial charge in [0.2, 0.25) is 16.0 Å². The second-order valence-corrected chi connectivity index (χ2v) is 16.1. The van der Waals surface area contributed by atoms with E-state index in [2.05, 4.69) is 20.3 Å². The molecule has 1 aliphatic heterocycles. The highest BCUT2D eigenvalue weighted by atomic mass is 32.2. The number of sulfonamides is 2. The molecule has 0 atom stereocenters. The van der Waals surface area contributed by atoms with Crippen LogP contribution in [0.5, 0.6) is 0 Å². The molecule has 2 N–H and O–H groups in total. The van der Waals surface area contributed by atoms with Crippen LogP contribution in [-0.2, 0) is 25.5 Å². The number of aromatic nitrogens is 4. The minimum atomic E-state index is -4.87. The predicted molar refractivity (Wildman–Crippen MR) is 165 cm³/mol. The first-order valence-corrected chi connectivity index (χ1v) is 17.9. The van der Waals surface area contributed by atoms with Crippen LogP contribution in [0.2, 0.25) is 0 Å². The number of hydrogen-bond acceptors (Lipinski definition) is 10. The zero-order chi connectivity index (χ0) is 32.7. The van der Waals surface area contributed by atoms with Crippen molar-refractivity contribution in [2.45, 2.75) is 50.0 Å². The molecular weight excluding hydrogens is 652 g/mol. The van der Waals surface area contributed by atoms with Crippen LogP contribution < -0.4 is 10.0 Å². The fourth-order valence-corrected chi connectivity index (χ4v) is 7.86. The summed E-state index contributed by atoms with van der Waals surface area (Å²) in [7, 11) is -8.15. The first-order valence-electron chi connectivity index (χ1n) is 13.7. The molecule has 1 saturated heterocycles. The van der Waals surface area contributed by atoms with Crippen LogP contribution in [0.15, 0.2) is 47.8 Å². The van der Waals surface area contributed by atoms with Gasteiger partial charge in [-0.15, -0.1) is 11.3 Å². The van der Waals surface area contributed by atoms with Crippen molar-refractivity contribution in [1.29, 1.82) is 0 Å². The van der Waals surface area contributed by atoms with E-state index >= 15 is 4.39 Å². The molecule has 17 heteroatoms. The lowest BCUT2D eigenvalue weighted by atomic mass is 9.98. The van der Waals surface area contributed by atoms with E-state index in [-0.39, 0.29) is 17.3 Å². The number of halogens is 3. The molecule has 240 valence electrons. The predicted octanol–water partition coefficient (Wildman–Crippen LogP) is 5.01. The molecule has 45 heavy (non-hydrogen) atoms. The average Bonchev–Trinajstić information content (AvgIpc) is 3.40. The molecule has 0 saturated carbocycles. The molecule has 0 radical (unpaired) electrons. The number of pyridine rings is 1. The van der Waals surface area contributed by atoms with Gasteiger partial charge in [-0.25, -0.2) is 49.3 Å². The van der Waals surface area contributed by atoms with E-state index in [1.54, 1.807) is 6.07 Å². The largest absolute Gasteiger partial charge is 0.351 e. The quantitative estimate of drug-likeness (QED) is 0.262. The Morgan fingerprint density at radius 2 is 1.64 bits per heavy atom. The first kappa shape index (κ1) is 32.7. The Morgan fingerprint density at radius 1 is 0.978 bits per heavy atom. The van der Waals surface area contributed by atoms with Gasteiger partial charge in [0.25, 0.3) is 10.0 Å². The van der Waals surface area contributed by atoms with Crippen molar-refractivity contribution in [1.82, 2.24) is 24.2 Å². The standard InChI is InChI=1S/C28H30F3N7O4S3/c1-28(2,3)26-36-23(17-6-5-7-20(22(17)31)37-45(41,42)25-18(29)14-32-15-19(25)30)24(43-26)21-8-11-33-27(35-21)34-16-9-12-38(13-10-16)44(4,39)40/h5-8,11,14-16,37H,9-10,12-13H2,1-4H3,(H,33,34,35). The zero-order valence-electron chi connectivity index (χ0n) is 24.7. The summed E-state index contributed by atoms with van der Waals surface area (Å²) in [6, 6.07) is 5.51. The van der Waals surface area contributed by atoms with Gasteiger partial charge in [0.05, 0.1) is 45.6 Å². The van der Waals surface area contributed by atoms with Crippen molar-refractivity contribution in [2.24, 2.45) is 0 Å². The van der Waals surface area contributed by atoms with Crippen LogP contribution >= 0.6 is 11.3 Å². The summed E-state index contributed by atoms with van der Waals surface area (Å²) >= 11 is 1.29. The van der Waals surface area contributed by atoms with Crippen LogP contribution in [0.3, 0.4) is 0 Å². The van der Waals surface area contributed by atoms with Gasteiger partial charge in [-0.1, -0.05) is 26.8 Å². The molecule has 1 fully saturated rings. The van der Waals surface area contributed by atoms with E-state index in [9.17, 15) is 25.6 Å². The SMILES string of the molecule is CC(C)(C)c1nc(-c2cccc(NS(=O)(=O)c3c(F)cncc3F)c2F)c(-c2ccnc(NC3CCN(S(C)(=O)=O)CC3)n2)s1.